The Labute approximate surface area is 135 Å². The average molecular weight is 347 g/mol. The van der Waals surface area contributed by atoms with Crippen LogP contribution in [0.3, 0.4) is 0 Å². The van der Waals surface area contributed by atoms with Crippen LogP contribution in [-0.4, -0.2) is 10.1 Å². The Kier molecular flexibility index (Phi) is 2.96. The van der Waals surface area contributed by atoms with Crippen LogP contribution >= 0.6 is 0 Å². The number of hydrogen-bond donors (Lipinski definition) is 2. The molecule has 0 saturated carbocycles. The lowest BCUT2D eigenvalue weighted by molar-refractivity contribution is -0.136. The van der Waals surface area contributed by atoms with Gasteiger partial charge in [-0.1, -0.05) is 6.07 Å². The third-order valence-electron chi connectivity index (χ3n) is 3.99. The number of phenols is 1. The molecule has 0 aliphatic rings. The molecule has 0 unspecified atom stereocenters. The van der Waals surface area contributed by atoms with E-state index in [9.17, 15) is 27.9 Å². The first-order valence-corrected chi connectivity index (χ1v) is 7.09. The summed E-state index contributed by atoms with van der Waals surface area (Å²) in [6.07, 6.45) is -4.83. The number of aromatic amines is 1. The Bertz CT molecular complexity index is 1290. The third-order valence-corrected chi connectivity index (χ3v) is 3.99. The largest absolute Gasteiger partial charge is 0.507 e. The molecule has 0 fully saturated rings. The van der Waals surface area contributed by atoms with Crippen LogP contribution in [0.25, 0.3) is 32.6 Å². The molecule has 126 valence electrons. The summed E-state index contributed by atoms with van der Waals surface area (Å²) in [4.78, 5) is 26.0. The molecule has 4 rings (SSSR count). The van der Waals surface area contributed by atoms with Crippen LogP contribution in [-0.2, 0) is 6.18 Å². The summed E-state index contributed by atoms with van der Waals surface area (Å²) in [5.41, 5.74) is -3.49. The molecule has 4 aromatic rings. The Morgan fingerprint density at radius 1 is 1.00 bits per heavy atom. The van der Waals surface area contributed by atoms with Gasteiger partial charge >= 0.3 is 11.8 Å². The third kappa shape index (κ3) is 2.18. The van der Waals surface area contributed by atoms with Gasteiger partial charge in [0.05, 0.1) is 21.9 Å². The average Bonchev–Trinajstić information content (AvgIpc) is 2.53. The molecular weight excluding hydrogens is 339 g/mol. The van der Waals surface area contributed by atoms with Gasteiger partial charge in [-0.25, -0.2) is 4.79 Å². The lowest BCUT2D eigenvalue weighted by Crippen LogP contribution is -2.14. The molecule has 2 aromatic carbocycles. The molecular formula is C17H8F3NO4. The van der Waals surface area contributed by atoms with Crippen LogP contribution in [0.5, 0.6) is 5.75 Å². The number of pyridine rings is 1. The first-order chi connectivity index (χ1) is 11.8. The van der Waals surface area contributed by atoms with Crippen molar-refractivity contribution in [1.82, 2.24) is 4.98 Å². The fraction of sp³-hybridized carbons (Fsp3) is 0.0588. The van der Waals surface area contributed by atoms with Crippen molar-refractivity contribution in [3.05, 3.63) is 62.7 Å². The summed E-state index contributed by atoms with van der Waals surface area (Å²) in [6.45, 7) is 0. The van der Waals surface area contributed by atoms with E-state index in [1.54, 1.807) is 0 Å². The van der Waals surface area contributed by atoms with Crippen molar-refractivity contribution >= 4 is 32.6 Å². The van der Waals surface area contributed by atoms with E-state index in [0.29, 0.717) is 6.07 Å². The molecule has 0 saturated heterocycles. The number of H-pyrrole nitrogens is 1. The van der Waals surface area contributed by atoms with E-state index >= 15 is 0 Å². The quantitative estimate of drug-likeness (QED) is 0.377. The molecule has 2 aromatic heterocycles. The number of fused-ring (bicyclic) bond motifs is 5. The van der Waals surface area contributed by atoms with Gasteiger partial charge in [0.25, 0.3) is 0 Å². The van der Waals surface area contributed by atoms with E-state index in [2.05, 4.69) is 4.98 Å². The minimum Gasteiger partial charge on any atom is -0.507 e. The highest BCUT2D eigenvalue weighted by molar-refractivity contribution is 6.15. The van der Waals surface area contributed by atoms with Crippen molar-refractivity contribution in [2.24, 2.45) is 0 Å². The molecule has 25 heavy (non-hydrogen) atoms. The van der Waals surface area contributed by atoms with Gasteiger partial charge in [0.15, 0.2) is 0 Å². The van der Waals surface area contributed by atoms with Crippen molar-refractivity contribution in [1.29, 1.82) is 0 Å². The van der Waals surface area contributed by atoms with E-state index in [-0.39, 0.29) is 33.0 Å². The minimum absolute atomic E-state index is 0.0461. The topological polar surface area (TPSA) is 83.3 Å². The van der Waals surface area contributed by atoms with Gasteiger partial charge in [0.2, 0.25) is 5.56 Å². The summed E-state index contributed by atoms with van der Waals surface area (Å²) in [5.74, 6) is -0.257. The normalized spacial score (nSPS) is 12.3. The Morgan fingerprint density at radius 2 is 1.76 bits per heavy atom. The van der Waals surface area contributed by atoms with Crippen LogP contribution in [0, 0.1) is 0 Å². The molecule has 5 nitrogen and oxygen atoms in total. The predicted octanol–water partition coefficient (Wildman–Crippen LogP) is 3.51. The maximum absolute atomic E-state index is 13.4. The lowest BCUT2D eigenvalue weighted by atomic mass is 10.0. The smallest absolute Gasteiger partial charge is 0.417 e. The van der Waals surface area contributed by atoms with Crippen LogP contribution in [0.4, 0.5) is 13.2 Å². The number of rotatable bonds is 0. The molecule has 2 N–H and O–H groups in total. The Morgan fingerprint density at radius 3 is 2.48 bits per heavy atom. The molecule has 0 radical (unpaired) electrons. The summed E-state index contributed by atoms with van der Waals surface area (Å²) in [6, 6.07) is 7.24. The van der Waals surface area contributed by atoms with Gasteiger partial charge in [-0.2, -0.15) is 13.2 Å². The van der Waals surface area contributed by atoms with E-state index in [1.807, 2.05) is 0 Å². The molecule has 0 atom stereocenters. The summed E-state index contributed by atoms with van der Waals surface area (Å²) >= 11 is 0. The van der Waals surface area contributed by atoms with Gasteiger partial charge in [0, 0.05) is 16.8 Å². The van der Waals surface area contributed by atoms with E-state index in [0.717, 1.165) is 0 Å². The zero-order valence-electron chi connectivity index (χ0n) is 12.3. The van der Waals surface area contributed by atoms with Gasteiger partial charge in [0.1, 0.15) is 11.3 Å². The van der Waals surface area contributed by atoms with Crippen molar-refractivity contribution < 1.29 is 22.7 Å². The molecule has 0 amide bonds. The number of halogens is 3. The molecule has 8 heteroatoms. The molecule has 0 bridgehead atoms. The van der Waals surface area contributed by atoms with Gasteiger partial charge < -0.3 is 14.5 Å². The fourth-order valence-corrected chi connectivity index (χ4v) is 2.99. The van der Waals surface area contributed by atoms with Gasteiger partial charge in [-0.05, 0) is 24.3 Å². The number of hydrogen-bond acceptors (Lipinski definition) is 4. The molecule has 0 spiro atoms. The Hall–Kier alpha value is -3.29. The highest BCUT2D eigenvalue weighted by atomic mass is 19.4. The number of nitrogens with one attached hydrogen (secondary N) is 1. The minimum atomic E-state index is -4.83. The predicted molar refractivity (Wildman–Crippen MR) is 84.8 cm³/mol. The van der Waals surface area contributed by atoms with Crippen molar-refractivity contribution in [3.8, 4) is 5.75 Å². The zero-order valence-corrected chi connectivity index (χ0v) is 12.3. The van der Waals surface area contributed by atoms with Crippen molar-refractivity contribution in [2.45, 2.75) is 6.18 Å². The van der Waals surface area contributed by atoms with E-state index in [1.165, 1.54) is 30.3 Å². The Balaban J connectivity index is 2.37. The second-order valence-corrected chi connectivity index (χ2v) is 5.50. The summed E-state index contributed by atoms with van der Waals surface area (Å²) in [5, 5.41) is 9.92. The van der Waals surface area contributed by atoms with Crippen LogP contribution < -0.4 is 11.2 Å². The van der Waals surface area contributed by atoms with Crippen LogP contribution in [0.1, 0.15) is 5.56 Å². The monoisotopic (exact) mass is 347 g/mol. The SMILES string of the molecule is O=c1cc(C(F)(F)F)c2c(ccc3c2oc(=O)c2cccc(O)c23)[nH]1. The first-order valence-electron chi connectivity index (χ1n) is 7.09. The fourth-order valence-electron chi connectivity index (χ4n) is 2.99. The molecule has 0 aliphatic carbocycles. The standard InChI is InChI=1S/C17H8F3NO4/c18-17(19,20)9-6-12(23)21-10-5-4-7-13-8(2-1-3-11(13)22)16(24)25-15(7)14(9)10/h1-6,22H,(H,21,23). The number of phenolic OH excluding ortho intramolecular Hbond substituents is 1. The maximum Gasteiger partial charge on any atom is 0.417 e. The zero-order chi connectivity index (χ0) is 17.9. The highest BCUT2D eigenvalue weighted by Gasteiger charge is 2.34. The van der Waals surface area contributed by atoms with E-state index in [4.69, 9.17) is 4.42 Å². The van der Waals surface area contributed by atoms with Crippen molar-refractivity contribution in [3.63, 3.8) is 0 Å². The second-order valence-electron chi connectivity index (χ2n) is 5.50. The number of aromatic nitrogens is 1. The molecule has 2 heterocycles. The first kappa shape index (κ1) is 15.3. The number of aromatic hydroxyl groups is 1. The van der Waals surface area contributed by atoms with Crippen molar-refractivity contribution in [2.75, 3.05) is 0 Å². The number of benzene rings is 2. The molecule has 0 aliphatic heterocycles. The van der Waals surface area contributed by atoms with Gasteiger partial charge in [-0.3, -0.25) is 4.79 Å². The van der Waals surface area contributed by atoms with Crippen LogP contribution in [0.15, 0.2) is 50.4 Å². The summed E-state index contributed by atoms with van der Waals surface area (Å²) < 4.78 is 45.3. The number of alkyl halides is 3. The maximum atomic E-state index is 13.4. The second kappa shape index (κ2) is 4.85. The van der Waals surface area contributed by atoms with E-state index < -0.39 is 28.3 Å². The highest BCUT2D eigenvalue weighted by Crippen LogP contribution is 2.39. The van der Waals surface area contributed by atoms with Crippen LogP contribution in [0.2, 0.25) is 0 Å². The lowest BCUT2D eigenvalue weighted by Gasteiger charge is -2.12. The summed E-state index contributed by atoms with van der Waals surface area (Å²) in [7, 11) is 0. The van der Waals surface area contributed by atoms with Gasteiger partial charge in [-0.15, -0.1) is 0 Å².